The van der Waals surface area contributed by atoms with Crippen LogP contribution in [0.1, 0.15) is 52.6 Å². The highest BCUT2D eigenvalue weighted by atomic mass is 16.5. The average Bonchev–Trinajstić information content (AvgIpc) is 2.67. The third-order valence-electron chi connectivity index (χ3n) is 5.34. The summed E-state index contributed by atoms with van der Waals surface area (Å²) in [4.78, 5) is 25.2. The van der Waals surface area contributed by atoms with Crippen LogP contribution in [0.5, 0.6) is 17.2 Å². The highest BCUT2D eigenvalue weighted by Gasteiger charge is 2.40. The van der Waals surface area contributed by atoms with Crippen molar-refractivity contribution >= 4 is 12.1 Å². The number of rotatable bonds is 5. The Bertz CT molecular complexity index is 884. The Labute approximate surface area is 159 Å². The van der Waals surface area contributed by atoms with Gasteiger partial charge < -0.3 is 14.2 Å². The van der Waals surface area contributed by atoms with Gasteiger partial charge in [0, 0.05) is 11.1 Å². The van der Waals surface area contributed by atoms with Crippen LogP contribution in [0.15, 0.2) is 30.3 Å². The van der Waals surface area contributed by atoms with E-state index in [1.807, 2.05) is 19.9 Å². The lowest BCUT2D eigenvalue weighted by Gasteiger charge is -2.40. The number of ether oxygens (including phenoxy) is 3. The summed E-state index contributed by atoms with van der Waals surface area (Å²) in [6, 6.07) is 8.90. The van der Waals surface area contributed by atoms with E-state index in [1.165, 1.54) is 14.2 Å². The fourth-order valence-electron chi connectivity index (χ4n) is 3.46. The van der Waals surface area contributed by atoms with E-state index in [2.05, 4.69) is 6.92 Å². The molecule has 0 aliphatic carbocycles. The van der Waals surface area contributed by atoms with Gasteiger partial charge in [-0.15, -0.1) is 0 Å². The first-order chi connectivity index (χ1) is 12.9. The molecule has 0 radical (unpaired) electrons. The van der Waals surface area contributed by atoms with Crippen molar-refractivity contribution in [2.24, 2.45) is 5.92 Å². The second kappa shape index (κ2) is 7.06. The van der Waals surface area contributed by atoms with E-state index in [0.717, 1.165) is 5.56 Å². The van der Waals surface area contributed by atoms with Gasteiger partial charge in [-0.3, -0.25) is 9.59 Å². The van der Waals surface area contributed by atoms with Gasteiger partial charge in [0.25, 0.3) is 0 Å². The third-order valence-corrected chi connectivity index (χ3v) is 5.34. The minimum Gasteiger partial charge on any atom is -0.495 e. The molecular weight excluding hydrogens is 344 g/mol. The molecule has 1 aliphatic rings. The zero-order chi connectivity index (χ0) is 19.8. The number of hydrogen-bond donors (Lipinski definition) is 0. The summed E-state index contributed by atoms with van der Waals surface area (Å²) >= 11 is 0. The van der Waals surface area contributed by atoms with Crippen LogP contribution < -0.4 is 14.2 Å². The van der Waals surface area contributed by atoms with Crippen molar-refractivity contribution in [1.29, 1.82) is 0 Å². The zero-order valence-electron chi connectivity index (χ0n) is 16.3. The molecule has 0 spiro atoms. The van der Waals surface area contributed by atoms with E-state index in [-0.39, 0.29) is 28.6 Å². The van der Waals surface area contributed by atoms with E-state index in [9.17, 15) is 9.59 Å². The smallest absolute Gasteiger partial charge is 0.200 e. The van der Waals surface area contributed by atoms with E-state index in [0.29, 0.717) is 29.8 Å². The van der Waals surface area contributed by atoms with Gasteiger partial charge >= 0.3 is 0 Å². The van der Waals surface area contributed by atoms with Gasteiger partial charge in [0.15, 0.2) is 6.29 Å². The molecular formula is C22H24O5. The molecule has 2 aromatic carbocycles. The van der Waals surface area contributed by atoms with Gasteiger partial charge in [0.1, 0.15) is 28.4 Å². The number of methoxy groups -OCH3 is 2. The lowest BCUT2D eigenvalue weighted by atomic mass is 9.81. The minimum atomic E-state index is -0.475. The average molecular weight is 368 g/mol. The Balaban J connectivity index is 2.36. The maximum Gasteiger partial charge on any atom is 0.200 e. The largest absolute Gasteiger partial charge is 0.495 e. The highest BCUT2D eigenvalue weighted by molar-refractivity contribution is 6.14. The lowest BCUT2D eigenvalue weighted by molar-refractivity contribution is 0.0332. The molecule has 1 unspecified atom stereocenters. The van der Waals surface area contributed by atoms with Crippen molar-refractivity contribution < 1.29 is 23.8 Å². The van der Waals surface area contributed by atoms with Gasteiger partial charge in [-0.1, -0.05) is 37.3 Å². The van der Waals surface area contributed by atoms with Gasteiger partial charge in [-0.05, 0) is 26.2 Å². The van der Waals surface area contributed by atoms with Crippen LogP contribution in [-0.2, 0) is 6.42 Å². The monoisotopic (exact) mass is 368 g/mol. The summed E-state index contributed by atoms with van der Waals surface area (Å²) in [5, 5.41) is 0. The van der Waals surface area contributed by atoms with Crippen LogP contribution in [0, 0.1) is 5.92 Å². The summed E-state index contributed by atoms with van der Waals surface area (Å²) in [6.07, 6.45) is 1.30. The second-order valence-corrected chi connectivity index (χ2v) is 7.29. The number of benzene rings is 2. The van der Waals surface area contributed by atoms with Crippen LogP contribution in [-0.4, -0.2) is 31.9 Å². The Morgan fingerprint density at radius 2 is 1.78 bits per heavy atom. The molecule has 5 heteroatoms. The van der Waals surface area contributed by atoms with Crippen molar-refractivity contribution in [2.75, 3.05) is 14.2 Å². The van der Waals surface area contributed by atoms with E-state index in [1.54, 1.807) is 24.3 Å². The van der Waals surface area contributed by atoms with Crippen molar-refractivity contribution in [1.82, 2.24) is 0 Å². The highest BCUT2D eigenvalue weighted by Crippen LogP contribution is 2.49. The first-order valence-corrected chi connectivity index (χ1v) is 8.90. The number of aldehydes is 1. The lowest BCUT2D eigenvalue weighted by Crippen LogP contribution is -2.41. The Hall–Kier alpha value is -2.82. The molecule has 0 N–H and O–H groups in total. The first kappa shape index (κ1) is 19.0. The van der Waals surface area contributed by atoms with Crippen molar-refractivity contribution in [2.45, 2.75) is 32.8 Å². The SMILES string of the molecule is COc1c(C=O)c(OC)c(C(=O)c2ccccc2)c2c1CC(C)C(C)(C)O2. The molecule has 27 heavy (non-hydrogen) atoms. The number of carbonyl (C=O) groups excluding carboxylic acids is 2. The predicted octanol–water partition coefficient (Wildman–Crippen LogP) is 4.10. The molecule has 0 amide bonds. The molecule has 1 heterocycles. The Kier molecular flexibility index (Phi) is 4.96. The third kappa shape index (κ3) is 3.07. The number of hydrogen-bond acceptors (Lipinski definition) is 5. The van der Waals surface area contributed by atoms with Crippen molar-refractivity contribution in [3.05, 3.63) is 52.6 Å². The van der Waals surface area contributed by atoms with Crippen LogP contribution in [0.3, 0.4) is 0 Å². The molecule has 2 aromatic rings. The fourth-order valence-corrected chi connectivity index (χ4v) is 3.46. The summed E-state index contributed by atoms with van der Waals surface area (Å²) in [5.41, 5.74) is 1.25. The molecule has 0 saturated heterocycles. The number of fused-ring (bicyclic) bond motifs is 1. The molecule has 3 rings (SSSR count). The van der Waals surface area contributed by atoms with E-state index < -0.39 is 5.60 Å². The van der Waals surface area contributed by atoms with Gasteiger partial charge in [-0.2, -0.15) is 0 Å². The second-order valence-electron chi connectivity index (χ2n) is 7.29. The van der Waals surface area contributed by atoms with Gasteiger partial charge in [-0.25, -0.2) is 0 Å². The maximum atomic E-state index is 13.3. The van der Waals surface area contributed by atoms with Crippen LogP contribution in [0.4, 0.5) is 0 Å². The summed E-state index contributed by atoms with van der Waals surface area (Å²) in [6.45, 7) is 6.06. The summed E-state index contributed by atoms with van der Waals surface area (Å²) < 4.78 is 17.3. The predicted molar refractivity (Wildman–Crippen MR) is 102 cm³/mol. The number of carbonyl (C=O) groups is 2. The summed E-state index contributed by atoms with van der Waals surface area (Å²) in [5.74, 6) is 0.946. The van der Waals surface area contributed by atoms with Crippen LogP contribution in [0.2, 0.25) is 0 Å². The van der Waals surface area contributed by atoms with Crippen molar-refractivity contribution in [3.8, 4) is 17.2 Å². The number of ketones is 1. The first-order valence-electron chi connectivity index (χ1n) is 8.90. The van der Waals surface area contributed by atoms with Gasteiger partial charge in [0.2, 0.25) is 5.78 Å². The van der Waals surface area contributed by atoms with Crippen molar-refractivity contribution in [3.63, 3.8) is 0 Å². The quantitative estimate of drug-likeness (QED) is 0.587. The molecule has 0 aromatic heterocycles. The van der Waals surface area contributed by atoms with Gasteiger partial charge in [0.05, 0.1) is 19.8 Å². The Morgan fingerprint density at radius 3 is 2.33 bits per heavy atom. The molecule has 0 saturated carbocycles. The molecule has 0 bridgehead atoms. The maximum absolute atomic E-state index is 13.3. The molecule has 142 valence electrons. The minimum absolute atomic E-state index is 0.173. The fraction of sp³-hybridized carbons (Fsp3) is 0.364. The van der Waals surface area contributed by atoms with E-state index in [4.69, 9.17) is 14.2 Å². The Morgan fingerprint density at radius 1 is 1.15 bits per heavy atom. The summed E-state index contributed by atoms with van der Waals surface area (Å²) in [7, 11) is 2.94. The molecule has 1 aliphatic heterocycles. The normalized spacial score (nSPS) is 17.4. The molecule has 0 fully saturated rings. The zero-order valence-corrected chi connectivity index (χ0v) is 16.3. The van der Waals surface area contributed by atoms with E-state index >= 15 is 0 Å². The van der Waals surface area contributed by atoms with Crippen LogP contribution in [0.25, 0.3) is 0 Å². The topological polar surface area (TPSA) is 61.8 Å². The molecule has 5 nitrogen and oxygen atoms in total. The standard InChI is InChI=1S/C22H24O5/c1-13-11-15-19(25-4)16(12-23)20(26-5)17(21(15)27-22(13,2)3)18(24)14-9-7-6-8-10-14/h6-10,12-13H,11H2,1-5H3. The molecule has 1 atom stereocenters. The van der Waals surface area contributed by atoms with Crippen LogP contribution >= 0.6 is 0 Å².